The molecular weight excluding hydrogens is 278 g/mol. The Morgan fingerprint density at radius 3 is 2.64 bits per heavy atom. The van der Waals surface area contributed by atoms with Gasteiger partial charge in [0.2, 0.25) is 0 Å². The van der Waals surface area contributed by atoms with Crippen molar-refractivity contribution >= 4 is 16.8 Å². The minimum Gasteiger partial charge on any atom is -0.497 e. The Morgan fingerprint density at radius 1 is 1.09 bits per heavy atom. The first kappa shape index (κ1) is 14.0. The lowest BCUT2D eigenvalue weighted by Gasteiger charge is -2.06. The summed E-state index contributed by atoms with van der Waals surface area (Å²) in [6.45, 7) is 0.428. The maximum Gasteiger partial charge on any atom is 0.272 e. The summed E-state index contributed by atoms with van der Waals surface area (Å²) in [7, 11) is 1.62. The van der Waals surface area contributed by atoms with E-state index in [1.165, 1.54) is 0 Å². The normalized spacial score (nSPS) is 10.4. The molecule has 0 fully saturated rings. The Morgan fingerprint density at radius 2 is 1.86 bits per heavy atom. The van der Waals surface area contributed by atoms with E-state index in [0.29, 0.717) is 12.2 Å². The summed E-state index contributed by atoms with van der Waals surface area (Å²) in [5.74, 6) is 0.546. The zero-order chi connectivity index (χ0) is 15.4. The SMILES string of the molecule is COc1ccc(CNC(=O)c2cc3ccccc3nn2)cc1. The first-order chi connectivity index (χ1) is 10.8. The summed E-state index contributed by atoms with van der Waals surface area (Å²) in [5.41, 5.74) is 2.07. The predicted octanol–water partition coefficient (Wildman–Crippen LogP) is 2.57. The molecule has 1 N–H and O–H groups in total. The summed E-state index contributed by atoms with van der Waals surface area (Å²) in [6.07, 6.45) is 0. The van der Waals surface area contributed by atoms with E-state index in [2.05, 4.69) is 15.5 Å². The molecule has 0 aliphatic carbocycles. The van der Waals surface area contributed by atoms with E-state index >= 15 is 0 Å². The summed E-state index contributed by atoms with van der Waals surface area (Å²) in [5, 5.41) is 11.7. The fraction of sp³-hybridized carbons (Fsp3) is 0.118. The molecule has 110 valence electrons. The van der Waals surface area contributed by atoms with Gasteiger partial charge < -0.3 is 10.1 Å². The van der Waals surface area contributed by atoms with Gasteiger partial charge >= 0.3 is 0 Å². The van der Waals surface area contributed by atoms with Crippen LogP contribution in [0.3, 0.4) is 0 Å². The van der Waals surface area contributed by atoms with Crippen LogP contribution in [-0.4, -0.2) is 23.2 Å². The fourth-order valence-corrected chi connectivity index (χ4v) is 2.11. The molecule has 1 amide bonds. The minimum absolute atomic E-state index is 0.242. The van der Waals surface area contributed by atoms with Crippen LogP contribution < -0.4 is 10.1 Å². The smallest absolute Gasteiger partial charge is 0.272 e. The third kappa shape index (κ3) is 3.03. The molecule has 3 aromatic rings. The summed E-state index contributed by atoms with van der Waals surface area (Å²) in [4.78, 5) is 12.1. The van der Waals surface area contributed by atoms with Gasteiger partial charge in [0.15, 0.2) is 5.69 Å². The summed E-state index contributed by atoms with van der Waals surface area (Å²) in [6, 6.07) is 16.8. The van der Waals surface area contributed by atoms with Crippen LogP contribution in [0.4, 0.5) is 0 Å². The third-order valence-electron chi connectivity index (χ3n) is 3.34. The second kappa shape index (κ2) is 6.22. The van der Waals surface area contributed by atoms with Crippen LogP contribution in [0.1, 0.15) is 16.1 Å². The number of rotatable bonds is 4. The monoisotopic (exact) mass is 293 g/mol. The van der Waals surface area contributed by atoms with Crippen LogP contribution in [0.25, 0.3) is 10.9 Å². The number of amides is 1. The number of aromatic nitrogens is 2. The molecule has 0 bridgehead atoms. The number of hydrogen-bond acceptors (Lipinski definition) is 4. The van der Waals surface area contributed by atoms with Crippen molar-refractivity contribution in [3.63, 3.8) is 0 Å². The largest absolute Gasteiger partial charge is 0.497 e. The second-order valence-electron chi connectivity index (χ2n) is 4.82. The number of benzene rings is 2. The Hall–Kier alpha value is -2.95. The van der Waals surface area contributed by atoms with Crippen molar-refractivity contribution in [1.29, 1.82) is 0 Å². The highest BCUT2D eigenvalue weighted by Gasteiger charge is 2.08. The highest BCUT2D eigenvalue weighted by Crippen LogP contribution is 2.12. The molecule has 0 aliphatic rings. The maximum absolute atomic E-state index is 12.1. The number of hydrogen-bond donors (Lipinski definition) is 1. The number of carbonyl (C=O) groups excluding carboxylic acids is 1. The van der Waals surface area contributed by atoms with Gasteiger partial charge in [-0.15, -0.1) is 10.2 Å². The van der Waals surface area contributed by atoms with E-state index in [-0.39, 0.29) is 5.91 Å². The lowest BCUT2D eigenvalue weighted by Crippen LogP contribution is -2.24. The molecular formula is C17H15N3O2. The summed E-state index contributed by atoms with van der Waals surface area (Å²) >= 11 is 0. The molecule has 5 nitrogen and oxygen atoms in total. The molecule has 0 saturated heterocycles. The van der Waals surface area contributed by atoms with E-state index in [4.69, 9.17) is 4.74 Å². The van der Waals surface area contributed by atoms with Crippen LogP contribution in [0.15, 0.2) is 54.6 Å². The summed E-state index contributed by atoms with van der Waals surface area (Å²) < 4.78 is 5.10. The van der Waals surface area contributed by atoms with Crippen molar-refractivity contribution in [1.82, 2.24) is 15.5 Å². The van der Waals surface area contributed by atoms with Gasteiger partial charge in [-0.05, 0) is 29.8 Å². The molecule has 0 unspecified atom stereocenters. The van der Waals surface area contributed by atoms with Gasteiger partial charge in [0.25, 0.3) is 5.91 Å². The quantitative estimate of drug-likeness (QED) is 0.803. The van der Waals surface area contributed by atoms with Crippen molar-refractivity contribution in [2.45, 2.75) is 6.54 Å². The molecule has 1 heterocycles. The first-order valence-corrected chi connectivity index (χ1v) is 6.90. The predicted molar refractivity (Wildman–Crippen MR) is 83.7 cm³/mol. The fourth-order valence-electron chi connectivity index (χ4n) is 2.11. The highest BCUT2D eigenvalue weighted by atomic mass is 16.5. The minimum atomic E-state index is -0.242. The third-order valence-corrected chi connectivity index (χ3v) is 3.34. The molecule has 2 aromatic carbocycles. The number of fused-ring (bicyclic) bond motifs is 1. The van der Waals surface area contributed by atoms with Gasteiger partial charge in [-0.25, -0.2) is 0 Å². The van der Waals surface area contributed by atoms with Crippen LogP contribution in [0.5, 0.6) is 5.75 Å². The Labute approximate surface area is 127 Å². The van der Waals surface area contributed by atoms with Gasteiger partial charge in [0.1, 0.15) is 5.75 Å². The Kier molecular flexibility index (Phi) is 3.96. The molecule has 0 saturated carbocycles. The molecule has 5 heteroatoms. The molecule has 0 atom stereocenters. The van der Waals surface area contributed by atoms with Crippen molar-refractivity contribution in [2.75, 3.05) is 7.11 Å². The van der Waals surface area contributed by atoms with Crippen LogP contribution >= 0.6 is 0 Å². The van der Waals surface area contributed by atoms with Crippen LogP contribution in [0.2, 0.25) is 0 Å². The highest BCUT2D eigenvalue weighted by molar-refractivity contribution is 5.95. The van der Waals surface area contributed by atoms with E-state index < -0.39 is 0 Å². The second-order valence-corrected chi connectivity index (χ2v) is 4.82. The number of ether oxygens (including phenoxy) is 1. The maximum atomic E-state index is 12.1. The van der Waals surface area contributed by atoms with Crippen LogP contribution in [-0.2, 0) is 6.54 Å². The van der Waals surface area contributed by atoms with Crippen molar-refractivity contribution in [3.05, 3.63) is 65.9 Å². The van der Waals surface area contributed by atoms with E-state index in [9.17, 15) is 4.79 Å². The molecule has 0 aliphatic heterocycles. The van der Waals surface area contributed by atoms with Gasteiger partial charge in [0, 0.05) is 11.9 Å². The average Bonchev–Trinajstić information content (AvgIpc) is 2.59. The van der Waals surface area contributed by atoms with Gasteiger partial charge in [0.05, 0.1) is 12.6 Å². The zero-order valence-electron chi connectivity index (χ0n) is 12.1. The molecule has 1 aromatic heterocycles. The topological polar surface area (TPSA) is 64.1 Å². The lowest BCUT2D eigenvalue weighted by molar-refractivity contribution is 0.0945. The lowest BCUT2D eigenvalue weighted by atomic mass is 10.2. The van der Waals surface area contributed by atoms with Crippen molar-refractivity contribution < 1.29 is 9.53 Å². The van der Waals surface area contributed by atoms with Crippen LogP contribution in [0, 0.1) is 0 Å². The van der Waals surface area contributed by atoms with E-state index in [0.717, 1.165) is 22.2 Å². The Bertz CT molecular complexity index is 800. The standard InChI is InChI=1S/C17H15N3O2/c1-22-14-8-6-12(7-9-14)11-18-17(21)16-10-13-4-2-3-5-15(13)19-20-16/h2-10H,11H2,1H3,(H,18,21). The van der Waals surface area contributed by atoms with Gasteiger partial charge in [-0.1, -0.05) is 30.3 Å². The molecule has 3 rings (SSSR count). The van der Waals surface area contributed by atoms with Gasteiger partial charge in [-0.2, -0.15) is 0 Å². The number of methoxy groups -OCH3 is 1. The van der Waals surface area contributed by atoms with E-state index in [1.807, 2.05) is 48.5 Å². The van der Waals surface area contributed by atoms with Crippen molar-refractivity contribution in [3.8, 4) is 5.75 Å². The molecule has 22 heavy (non-hydrogen) atoms. The van der Waals surface area contributed by atoms with E-state index in [1.54, 1.807) is 13.2 Å². The number of nitrogens with one attached hydrogen (secondary N) is 1. The average molecular weight is 293 g/mol. The first-order valence-electron chi connectivity index (χ1n) is 6.90. The Balaban J connectivity index is 1.69. The molecule has 0 spiro atoms. The number of carbonyl (C=O) groups is 1. The zero-order valence-corrected chi connectivity index (χ0v) is 12.1. The number of nitrogens with zero attached hydrogens (tertiary/aromatic N) is 2. The molecule has 0 radical (unpaired) electrons. The van der Waals surface area contributed by atoms with Crippen molar-refractivity contribution in [2.24, 2.45) is 0 Å². The van der Waals surface area contributed by atoms with Gasteiger partial charge in [-0.3, -0.25) is 4.79 Å².